The van der Waals surface area contributed by atoms with E-state index in [0.717, 1.165) is 11.4 Å². The first-order valence-electron chi connectivity index (χ1n) is 6.13. The molecule has 1 aromatic rings. The largest absolute Gasteiger partial charge is 0.307 e. The zero-order chi connectivity index (χ0) is 11.7. The van der Waals surface area contributed by atoms with Crippen molar-refractivity contribution in [1.29, 1.82) is 0 Å². The molecule has 88 valence electrons. The van der Waals surface area contributed by atoms with Crippen molar-refractivity contribution in [3.05, 3.63) is 34.3 Å². The number of benzene rings is 1. The maximum Gasteiger partial charge on any atom is 0.0441 e. The van der Waals surface area contributed by atoms with Crippen molar-refractivity contribution in [3.8, 4) is 0 Å². The lowest BCUT2D eigenvalue weighted by molar-refractivity contribution is 0.375. The summed E-state index contributed by atoms with van der Waals surface area (Å²) in [6, 6.07) is 7.30. The summed E-state index contributed by atoms with van der Waals surface area (Å²) in [4.78, 5) is 0. The predicted molar refractivity (Wildman–Crippen MR) is 69.9 cm³/mol. The van der Waals surface area contributed by atoms with Gasteiger partial charge in [-0.15, -0.1) is 0 Å². The standard InChI is InChI=1S/C14H20ClN/c1-9(2)10(3)16-14-8-7-11-12(14)5-4-6-13(11)15/h4-6,9-10,14,16H,7-8H2,1-3H3. The van der Waals surface area contributed by atoms with Crippen LogP contribution in [0.3, 0.4) is 0 Å². The van der Waals surface area contributed by atoms with Crippen LogP contribution in [0.25, 0.3) is 0 Å². The number of rotatable bonds is 3. The normalized spacial score (nSPS) is 21.2. The van der Waals surface area contributed by atoms with E-state index in [2.05, 4.69) is 38.2 Å². The molecule has 0 bridgehead atoms. The van der Waals surface area contributed by atoms with Crippen LogP contribution in [0.4, 0.5) is 0 Å². The van der Waals surface area contributed by atoms with Crippen molar-refractivity contribution in [1.82, 2.24) is 5.32 Å². The van der Waals surface area contributed by atoms with Crippen LogP contribution in [0.2, 0.25) is 5.02 Å². The molecule has 2 atom stereocenters. The monoisotopic (exact) mass is 237 g/mol. The summed E-state index contributed by atoms with van der Waals surface area (Å²) >= 11 is 6.21. The summed E-state index contributed by atoms with van der Waals surface area (Å²) in [6.45, 7) is 6.77. The van der Waals surface area contributed by atoms with Crippen molar-refractivity contribution in [2.75, 3.05) is 0 Å². The molecule has 1 N–H and O–H groups in total. The zero-order valence-electron chi connectivity index (χ0n) is 10.3. The van der Waals surface area contributed by atoms with Crippen LogP contribution < -0.4 is 5.32 Å². The molecule has 0 spiro atoms. The molecule has 1 nitrogen and oxygen atoms in total. The van der Waals surface area contributed by atoms with Gasteiger partial charge in [-0.3, -0.25) is 0 Å². The maximum absolute atomic E-state index is 6.21. The molecule has 16 heavy (non-hydrogen) atoms. The molecule has 2 unspecified atom stereocenters. The van der Waals surface area contributed by atoms with E-state index in [1.165, 1.54) is 17.5 Å². The number of halogens is 1. The minimum absolute atomic E-state index is 0.492. The van der Waals surface area contributed by atoms with Gasteiger partial charge in [0, 0.05) is 17.1 Å². The smallest absolute Gasteiger partial charge is 0.0441 e. The van der Waals surface area contributed by atoms with Gasteiger partial charge in [0.1, 0.15) is 0 Å². The lowest BCUT2D eigenvalue weighted by atomic mass is 10.0. The van der Waals surface area contributed by atoms with Crippen molar-refractivity contribution in [2.24, 2.45) is 5.92 Å². The Hall–Kier alpha value is -0.530. The highest BCUT2D eigenvalue weighted by atomic mass is 35.5. The van der Waals surface area contributed by atoms with Crippen LogP contribution in [0.1, 0.15) is 44.4 Å². The quantitative estimate of drug-likeness (QED) is 0.839. The molecule has 2 rings (SSSR count). The van der Waals surface area contributed by atoms with Gasteiger partial charge in [0.15, 0.2) is 0 Å². The number of hydrogen-bond donors (Lipinski definition) is 1. The topological polar surface area (TPSA) is 12.0 Å². The van der Waals surface area contributed by atoms with Gasteiger partial charge < -0.3 is 5.32 Å². The predicted octanol–water partition coefficient (Wildman–Crippen LogP) is 3.96. The maximum atomic E-state index is 6.21. The van der Waals surface area contributed by atoms with Crippen LogP contribution >= 0.6 is 11.6 Å². The summed E-state index contributed by atoms with van der Waals surface area (Å²) < 4.78 is 0. The van der Waals surface area contributed by atoms with Gasteiger partial charge in [-0.1, -0.05) is 37.6 Å². The van der Waals surface area contributed by atoms with E-state index in [1.54, 1.807) is 0 Å². The molecule has 0 amide bonds. The Labute approximate surface area is 103 Å². The van der Waals surface area contributed by atoms with Crippen LogP contribution in [0.15, 0.2) is 18.2 Å². The summed E-state index contributed by atoms with van der Waals surface area (Å²) in [7, 11) is 0. The molecule has 1 aliphatic carbocycles. The summed E-state index contributed by atoms with van der Waals surface area (Å²) in [6.07, 6.45) is 2.29. The SMILES string of the molecule is CC(C)C(C)NC1CCc2c(Cl)cccc21. The fourth-order valence-electron chi connectivity index (χ4n) is 2.29. The van der Waals surface area contributed by atoms with Crippen LogP contribution in [-0.2, 0) is 6.42 Å². The van der Waals surface area contributed by atoms with Crippen LogP contribution in [0.5, 0.6) is 0 Å². The minimum atomic E-state index is 0.492. The van der Waals surface area contributed by atoms with E-state index in [0.29, 0.717) is 18.0 Å². The molecule has 0 saturated heterocycles. The number of nitrogens with one attached hydrogen (secondary N) is 1. The van der Waals surface area contributed by atoms with Gasteiger partial charge in [-0.25, -0.2) is 0 Å². The van der Waals surface area contributed by atoms with Crippen molar-refractivity contribution < 1.29 is 0 Å². The molecule has 0 aliphatic heterocycles. The second kappa shape index (κ2) is 4.77. The van der Waals surface area contributed by atoms with Crippen molar-refractivity contribution in [3.63, 3.8) is 0 Å². The molecule has 0 saturated carbocycles. The Morgan fingerprint density at radius 3 is 2.75 bits per heavy atom. The zero-order valence-corrected chi connectivity index (χ0v) is 11.0. The average molecular weight is 238 g/mol. The first-order chi connectivity index (χ1) is 7.59. The van der Waals surface area contributed by atoms with E-state index < -0.39 is 0 Å². The number of fused-ring (bicyclic) bond motifs is 1. The van der Waals surface area contributed by atoms with E-state index in [1.807, 2.05) is 6.07 Å². The van der Waals surface area contributed by atoms with Gasteiger partial charge in [0.2, 0.25) is 0 Å². The highest BCUT2D eigenvalue weighted by Crippen LogP contribution is 2.35. The van der Waals surface area contributed by atoms with Crippen LogP contribution in [0, 0.1) is 5.92 Å². The molecule has 0 aromatic heterocycles. The molecule has 0 fully saturated rings. The molecule has 0 heterocycles. The van der Waals surface area contributed by atoms with E-state index >= 15 is 0 Å². The highest BCUT2D eigenvalue weighted by Gasteiger charge is 2.25. The Balaban J connectivity index is 2.15. The Bertz CT molecular complexity index is 373. The van der Waals surface area contributed by atoms with Gasteiger partial charge >= 0.3 is 0 Å². The first-order valence-corrected chi connectivity index (χ1v) is 6.50. The van der Waals surface area contributed by atoms with E-state index in [4.69, 9.17) is 11.6 Å². The van der Waals surface area contributed by atoms with E-state index in [9.17, 15) is 0 Å². The first kappa shape index (κ1) is 11.9. The lowest BCUT2D eigenvalue weighted by Gasteiger charge is -2.23. The van der Waals surface area contributed by atoms with Crippen molar-refractivity contribution >= 4 is 11.6 Å². The fraction of sp³-hybridized carbons (Fsp3) is 0.571. The van der Waals surface area contributed by atoms with E-state index in [-0.39, 0.29) is 0 Å². The molecular formula is C14H20ClN. The third-order valence-electron chi connectivity index (χ3n) is 3.68. The average Bonchev–Trinajstić information content (AvgIpc) is 2.63. The summed E-state index contributed by atoms with van der Waals surface area (Å²) in [5.74, 6) is 0.670. The fourth-order valence-corrected chi connectivity index (χ4v) is 2.57. The Morgan fingerprint density at radius 1 is 1.31 bits per heavy atom. The molecular weight excluding hydrogens is 218 g/mol. The van der Waals surface area contributed by atoms with Crippen molar-refractivity contribution in [2.45, 2.75) is 45.7 Å². The summed E-state index contributed by atoms with van der Waals surface area (Å²) in [5.41, 5.74) is 2.75. The van der Waals surface area contributed by atoms with Gasteiger partial charge in [-0.2, -0.15) is 0 Å². The third-order valence-corrected chi connectivity index (χ3v) is 4.03. The second-order valence-corrected chi connectivity index (χ2v) is 5.51. The molecule has 1 aromatic carbocycles. The molecule has 0 radical (unpaired) electrons. The highest BCUT2D eigenvalue weighted by molar-refractivity contribution is 6.31. The summed E-state index contributed by atoms with van der Waals surface area (Å²) in [5, 5.41) is 4.63. The Morgan fingerprint density at radius 2 is 2.06 bits per heavy atom. The second-order valence-electron chi connectivity index (χ2n) is 5.10. The third kappa shape index (κ3) is 2.26. The minimum Gasteiger partial charge on any atom is -0.307 e. The molecule has 1 aliphatic rings. The number of hydrogen-bond acceptors (Lipinski definition) is 1. The van der Waals surface area contributed by atoms with Gasteiger partial charge in [0.25, 0.3) is 0 Å². The van der Waals surface area contributed by atoms with Gasteiger partial charge in [-0.05, 0) is 42.9 Å². The Kier molecular flexibility index (Phi) is 3.56. The molecule has 2 heteroatoms. The van der Waals surface area contributed by atoms with Crippen LogP contribution in [-0.4, -0.2) is 6.04 Å². The van der Waals surface area contributed by atoms with Gasteiger partial charge in [0.05, 0.1) is 0 Å². The lowest BCUT2D eigenvalue weighted by Crippen LogP contribution is -2.33.